The molecule has 0 spiro atoms. The Balaban J connectivity index is 1.14. The number of rotatable bonds is 8. The van der Waals surface area contributed by atoms with E-state index in [1.165, 1.54) is 11.8 Å². The van der Waals surface area contributed by atoms with Gasteiger partial charge in [0.25, 0.3) is 0 Å². The first kappa shape index (κ1) is 26.7. The molecule has 3 aromatic carbocycles. The Morgan fingerprint density at radius 3 is 1.80 bits per heavy atom. The summed E-state index contributed by atoms with van der Waals surface area (Å²) in [4.78, 5) is 50.6. The summed E-state index contributed by atoms with van der Waals surface area (Å²) in [6.07, 6.45) is 2.11. The van der Waals surface area contributed by atoms with E-state index in [0.29, 0.717) is 30.5 Å². The molecule has 7 rings (SSSR count). The molecule has 4 aliphatic rings. The lowest BCUT2D eigenvalue weighted by Crippen LogP contribution is -2.57. The van der Waals surface area contributed by atoms with Gasteiger partial charge in [-0.2, -0.15) is 0 Å². The number of hydrogen-bond acceptors (Lipinski definition) is 4. The fraction of sp³-hybridized carbons (Fsp3) is 0.312. The van der Waals surface area contributed by atoms with Crippen LogP contribution in [-0.2, 0) is 24.1 Å². The van der Waals surface area contributed by atoms with Crippen LogP contribution in [0.2, 0.25) is 0 Å². The van der Waals surface area contributed by atoms with Crippen LogP contribution in [0.15, 0.2) is 72.8 Å². The quantitative estimate of drug-likeness (QED) is 0.155. The predicted molar refractivity (Wildman–Crippen MR) is 153 cm³/mol. The Morgan fingerprint density at radius 1 is 0.775 bits per heavy atom. The topological polar surface area (TPSA) is 83.6 Å². The third-order valence-corrected chi connectivity index (χ3v) is 9.80. The zero-order valence-electron chi connectivity index (χ0n) is 22.0. The van der Waals surface area contributed by atoms with Crippen LogP contribution in [0.4, 0.5) is 5.69 Å². The van der Waals surface area contributed by atoms with Crippen LogP contribution in [0.3, 0.4) is 0 Å². The van der Waals surface area contributed by atoms with Gasteiger partial charge in [0.1, 0.15) is 9.75 Å². The van der Waals surface area contributed by atoms with Crippen LogP contribution in [0, 0.1) is 11.8 Å². The minimum absolute atomic E-state index is 0.0668. The van der Waals surface area contributed by atoms with Crippen LogP contribution in [0.1, 0.15) is 65.2 Å². The van der Waals surface area contributed by atoms with Crippen molar-refractivity contribution in [2.24, 2.45) is 11.8 Å². The molecule has 6 nitrogen and oxygen atoms in total. The van der Waals surface area contributed by atoms with Crippen molar-refractivity contribution in [2.45, 2.75) is 42.4 Å². The Bertz CT molecular complexity index is 1450. The van der Waals surface area contributed by atoms with E-state index in [2.05, 4.69) is 5.32 Å². The van der Waals surface area contributed by atoms with E-state index in [9.17, 15) is 19.2 Å². The summed E-state index contributed by atoms with van der Waals surface area (Å²) >= 11 is 14.9. The number of amides is 3. The summed E-state index contributed by atoms with van der Waals surface area (Å²) in [6, 6.07) is 22.0. The molecule has 3 aromatic rings. The average Bonchev–Trinajstić information content (AvgIpc) is 3.22. The molecule has 0 saturated carbocycles. The predicted octanol–water partition coefficient (Wildman–Crippen LogP) is 5.98. The Labute approximate surface area is 242 Å². The lowest BCUT2D eigenvalue weighted by molar-refractivity contribution is -0.140. The molecule has 0 unspecified atom stereocenters. The summed E-state index contributed by atoms with van der Waals surface area (Å²) in [6.45, 7) is 1.73. The summed E-state index contributed by atoms with van der Waals surface area (Å²) in [5.41, 5.74) is 4.26. The number of likely N-dealkylation sites (tertiary alicyclic amines) is 1. The number of unbranched alkanes of at least 4 members (excludes halogenated alkanes) is 2. The maximum atomic E-state index is 13.8. The highest BCUT2D eigenvalue weighted by Gasteiger charge is 2.72. The van der Waals surface area contributed by atoms with Crippen molar-refractivity contribution < 1.29 is 19.2 Å². The molecular weight excluding hydrogens is 547 g/mol. The van der Waals surface area contributed by atoms with Gasteiger partial charge in [-0.15, -0.1) is 23.2 Å². The van der Waals surface area contributed by atoms with Gasteiger partial charge in [-0.25, -0.2) is 0 Å². The highest BCUT2D eigenvalue weighted by atomic mass is 35.5. The van der Waals surface area contributed by atoms with E-state index < -0.39 is 21.6 Å². The van der Waals surface area contributed by atoms with Gasteiger partial charge in [0.05, 0.1) is 11.8 Å². The maximum Gasteiger partial charge on any atom is 0.235 e. The molecule has 3 amide bonds. The van der Waals surface area contributed by atoms with E-state index in [1.54, 1.807) is 24.3 Å². The minimum atomic E-state index is -1.17. The van der Waals surface area contributed by atoms with Crippen molar-refractivity contribution in [1.29, 1.82) is 0 Å². The summed E-state index contributed by atoms with van der Waals surface area (Å²) in [5, 5.41) is 2.82. The van der Waals surface area contributed by atoms with E-state index in [1.807, 2.05) is 48.5 Å². The van der Waals surface area contributed by atoms with Crippen molar-refractivity contribution in [2.75, 3.05) is 11.9 Å². The Morgan fingerprint density at radius 2 is 1.30 bits per heavy atom. The third-order valence-electron chi connectivity index (χ3n) is 8.52. The van der Waals surface area contributed by atoms with Crippen molar-refractivity contribution in [3.63, 3.8) is 0 Å². The molecule has 0 radical (unpaired) electrons. The van der Waals surface area contributed by atoms with Gasteiger partial charge in [0, 0.05) is 24.2 Å². The van der Waals surface area contributed by atoms with Crippen molar-refractivity contribution >= 4 is 52.4 Å². The van der Waals surface area contributed by atoms with Gasteiger partial charge >= 0.3 is 0 Å². The van der Waals surface area contributed by atoms with Crippen LogP contribution in [-0.4, -0.2) is 34.9 Å². The molecule has 204 valence electrons. The molecule has 1 heterocycles. The molecule has 1 aliphatic heterocycles. The maximum absolute atomic E-state index is 13.8. The lowest BCUT2D eigenvalue weighted by atomic mass is 9.54. The molecule has 1 fully saturated rings. The normalized spacial score (nSPS) is 25.8. The standard InChI is InChI=1S/C32H28Cl2N2O4/c1-19(37)20-10-9-11-21(18-20)35-26(38)16-3-2-8-17-36-29(39)27-28(30(36)40)32(34)23-13-5-4-12-22(23)31(27,33)24-14-6-7-15-25(24)32/h4-7,9-15,18,27-28H,2-3,8,16-17H2,1H3,(H,35,38)/t27-,28-,31?,32?/m0/s1. The second-order valence-corrected chi connectivity index (χ2v) is 12.0. The van der Waals surface area contributed by atoms with E-state index in [0.717, 1.165) is 22.3 Å². The molecule has 40 heavy (non-hydrogen) atoms. The third kappa shape index (κ3) is 3.84. The summed E-state index contributed by atoms with van der Waals surface area (Å²) < 4.78 is 0. The number of carbonyl (C=O) groups excluding carboxylic acids is 4. The second-order valence-electron chi connectivity index (χ2n) is 10.8. The van der Waals surface area contributed by atoms with Crippen LogP contribution < -0.4 is 5.32 Å². The number of halogens is 2. The van der Waals surface area contributed by atoms with Gasteiger partial charge in [0.2, 0.25) is 17.7 Å². The second kappa shape index (κ2) is 9.86. The molecular formula is C32H28Cl2N2O4. The average molecular weight is 575 g/mol. The molecule has 2 bridgehead atoms. The number of nitrogens with one attached hydrogen (secondary N) is 1. The van der Waals surface area contributed by atoms with Crippen molar-refractivity contribution in [1.82, 2.24) is 4.90 Å². The molecule has 1 N–H and O–H groups in total. The van der Waals surface area contributed by atoms with Crippen LogP contribution in [0.5, 0.6) is 0 Å². The molecule has 3 aliphatic carbocycles. The Hall–Kier alpha value is -3.48. The van der Waals surface area contributed by atoms with Gasteiger partial charge in [0.15, 0.2) is 5.78 Å². The summed E-state index contributed by atoms with van der Waals surface area (Å²) in [7, 11) is 0. The molecule has 1 saturated heterocycles. The number of ketones is 1. The van der Waals surface area contributed by atoms with Crippen LogP contribution >= 0.6 is 23.2 Å². The zero-order valence-corrected chi connectivity index (χ0v) is 23.5. The SMILES string of the molecule is CC(=O)c1cccc(NC(=O)CCCCCN2C(=O)[C@@H]3[C@@H](C2=O)C2(Cl)c4ccccc4C3(Cl)c3ccccc32)c1. The van der Waals surface area contributed by atoms with Gasteiger partial charge in [-0.05, 0) is 54.2 Å². The Kier molecular flexibility index (Phi) is 6.59. The number of nitrogens with zero attached hydrogens (tertiary/aromatic N) is 1. The number of benzene rings is 3. The molecule has 2 atom stereocenters. The number of carbonyl (C=O) groups is 4. The fourth-order valence-electron chi connectivity index (χ4n) is 6.72. The first-order chi connectivity index (χ1) is 19.2. The zero-order chi connectivity index (χ0) is 28.2. The lowest BCUT2D eigenvalue weighted by Gasteiger charge is -2.54. The van der Waals surface area contributed by atoms with E-state index in [-0.39, 0.29) is 36.5 Å². The van der Waals surface area contributed by atoms with Crippen LogP contribution in [0.25, 0.3) is 0 Å². The smallest absolute Gasteiger partial charge is 0.235 e. The van der Waals surface area contributed by atoms with Gasteiger partial charge in [-0.3, -0.25) is 24.1 Å². The number of alkyl halides is 2. The van der Waals surface area contributed by atoms with Crippen molar-refractivity contribution in [3.8, 4) is 0 Å². The van der Waals surface area contributed by atoms with E-state index >= 15 is 0 Å². The highest BCUT2D eigenvalue weighted by Crippen LogP contribution is 2.69. The summed E-state index contributed by atoms with van der Waals surface area (Å²) in [5.74, 6) is -2.38. The first-order valence-corrected chi connectivity index (χ1v) is 14.3. The number of hydrogen-bond donors (Lipinski definition) is 1. The largest absolute Gasteiger partial charge is 0.326 e. The highest BCUT2D eigenvalue weighted by molar-refractivity contribution is 6.36. The number of anilines is 1. The fourth-order valence-corrected chi connectivity index (χ4v) is 7.81. The number of imide groups is 1. The molecule has 0 aromatic heterocycles. The van der Waals surface area contributed by atoms with Gasteiger partial charge < -0.3 is 5.32 Å². The number of Topliss-reactive ketones (excluding diaryl/α,β-unsaturated/α-hetero) is 1. The molecule has 8 heteroatoms. The minimum Gasteiger partial charge on any atom is -0.326 e. The first-order valence-electron chi connectivity index (χ1n) is 13.5. The van der Waals surface area contributed by atoms with Gasteiger partial charge in [-0.1, -0.05) is 67.1 Å². The monoisotopic (exact) mass is 574 g/mol. The van der Waals surface area contributed by atoms with Crippen molar-refractivity contribution in [3.05, 3.63) is 101 Å². The van der Waals surface area contributed by atoms with E-state index in [4.69, 9.17) is 23.2 Å².